The number of nitrogens with one attached hydrogen (secondary N) is 2. The molecule has 0 bridgehead atoms. The van der Waals surface area contributed by atoms with E-state index in [9.17, 15) is 14.7 Å². The Labute approximate surface area is 118 Å². The van der Waals surface area contributed by atoms with E-state index in [1.54, 1.807) is 24.3 Å². The molecule has 1 saturated heterocycles. The summed E-state index contributed by atoms with van der Waals surface area (Å²) < 4.78 is 0. The molecule has 3 N–H and O–H groups in total. The van der Waals surface area contributed by atoms with Crippen molar-refractivity contribution >= 4 is 11.9 Å². The Morgan fingerprint density at radius 3 is 2.40 bits per heavy atom. The molecule has 1 amide bonds. The second-order valence-corrected chi connectivity index (χ2v) is 5.47. The molecule has 108 valence electrons. The number of carboxylic acids is 1. The topological polar surface area (TPSA) is 78.4 Å². The average molecular weight is 276 g/mol. The van der Waals surface area contributed by atoms with E-state index in [1.807, 2.05) is 13.0 Å². The van der Waals surface area contributed by atoms with Crippen LogP contribution in [-0.4, -0.2) is 30.1 Å². The molecule has 1 aromatic rings. The van der Waals surface area contributed by atoms with Crippen LogP contribution in [0, 0.1) is 5.41 Å². The fourth-order valence-electron chi connectivity index (χ4n) is 2.44. The van der Waals surface area contributed by atoms with Crippen LogP contribution in [0.2, 0.25) is 0 Å². The first-order valence-corrected chi connectivity index (χ1v) is 6.82. The summed E-state index contributed by atoms with van der Waals surface area (Å²) in [5, 5.41) is 15.2. The molecule has 1 fully saturated rings. The van der Waals surface area contributed by atoms with Crippen molar-refractivity contribution in [3.63, 3.8) is 0 Å². The molecule has 1 aromatic carbocycles. The van der Waals surface area contributed by atoms with E-state index in [1.165, 1.54) is 0 Å². The van der Waals surface area contributed by atoms with E-state index in [2.05, 4.69) is 10.6 Å². The molecule has 0 aliphatic carbocycles. The van der Waals surface area contributed by atoms with Crippen molar-refractivity contribution in [2.24, 2.45) is 5.41 Å². The molecule has 1 aliphatic rings. The summed E-state index contributed by atoms with van der Waals surface area (Å²) in [6.45, 7) is 3.47. The second kappa shape index (κ2) is 6.05. The molecular formula is C15H20N2O3. The number of amides is 1. The van der Waals surface area contributed by atoms with E-state index in [0.29, 0.717) is 5.56 Å². The Morgan fingerprint density at radius 1 is 1.25 bits per heavy atom. The highest BCUT2D eigenvalue weighted by molar-refractivity contribution is 5.88. The van der Waals surface area contributed by atoms with Gasteiger partial charge in [0.2, 0.25) is 5.91 Å². The van der Waals surface area contributed by atoms with Crippen molar-refractivity contribution < 1.29 is 14.7 Å². The van der Waals surface area contributed by atoms with Gasteiger partial charge in [-0.1, -0.05) is 37.3 Å². The lowest BCUT2D eigenvalue weighted by Crippen LogP contribution is -2.48. The van der Waals surface area contributed by atoms with Crippen LogP contribution >= 0.6 is 0 Å². The second-order valence-electron chi connectivity index (χ2n) is 5.47. The number of benzene rings is 1. The van der Waals surface area contributed by atoms with Gasteiger partial charge in [-0.2, -0.15) is 0 Å². The van der Waals surface area contributed by atoms with E-state index in [0.717, 1.165) is 25.9 Å². The summed E-state index contributed by atoms with van der Waals surface area (Å²) in [7, 11) is 0. The van der Waals surface area contributed by atoms with Gasteiger partial charge in [-0.15, -0.1) is 0 Å². The lowest BCUT2D eigenvalue weighted by Gasteiger charge is -2.33. The van der Waals surface area contributed by atoms with Gasteiger partial charge in [0.25, 0.3) is 0 Å². The van der Waals surface area contributed by atoms with Crippen LogP contribution in [0.3, 0.4) is 0 Å². The number of piperidine rings is 1. The van der Waals surface area contributed by atoms with Crippen molar-refractivity contribution in [1.29, 1.82) is 0 Å². The molecule has 5 heteroatoms. The maximum atomic E-state index is 12.4. The molecule has 5 nitrogen and oxygen atoms in total. The van der Waals surface area contributed by atoms with Crippen LogP contribution in [0.15, 0.2) is 30.3 Å². The van der Waals surface area contributed by atoms with Crippen molar-refractivity contribution in [3.05, 3.63) is 35.9 Å². The van der Waals surface area contributed by atoms with Crippen LogP contribution in [0.25, 0.3) is 0 Å². The Morgan fingerprint density at radius 2 is 1.85 bits per heavy atom. The lowest BCUT2D eigenvalue weighted by atomic mass is 9.80. The van der Waals surface area contributed by atoms with Crippen molar-refractivity contribution in [3.8, 4) is 0 Å². The highest BCUT2D eigenvalue weighted by Crippen LogP contribution is 2.29. The van der Waals surface area contributed by atoms with Gasteiger partial charge in [-0.25, -0.2) is 4.79 Å². The average Bonchev–Trinajstić information content (AvgIpc) is 2.45. The summed E-state index contributed by atoms with van der Waals surface area (Å²) >= 11 is 0. The first kappa shape index (κ1) is 14.5. The van der Waals surface area contributed by atoms with Gasteiger partial charge in [0, 0.05) is 5.41 Å². The maximum absolute atomic E-state index is 12.4. The van der Waals surface area contributed by atoms with Gasteiger partial charge < -0.3 is 15.7 Å². The predicted octanol–water partition coefficient (Wildman–Crippen LogP) is 1.32. The monoisotopic (exact) mass is 276 g/mol. The molecule has 1 aliphatic heterocycles. The van der Waals surface area contributed by atoms with Crippen LogP contribution in [0.5, 0.6) is 0 Å². The minimum atomic E-state index is -1.04. The molecule has 0 spiro atoms. The third-order valence-corrected chi connectivity index (χ3v) is 3.91. The third kappa shape index (κ3) is 3.17. The lowest BCUT2D eigenvalue weighted by molar-refractivity contribution is -0.144. The summed E-state index contributed by atoms with van der Waals surface area (Å²) in [6.07, 6.45) is 1.44. The molecule has 0 aromatic heterocycles. The van der Waals surface area contributed by atoms with Crippen LogP contribution in [0.1, 0.15) is 31.4 Å². The molecular weight excluding hydrogens is 256 g/mol. The molecule has 2 rings (SSSR count). The highest BCUT2D eigenvalue weighted by atomic mass is 16.4. The Balaban J connectivity index is 2.12. The normalized spacial score (nSPS) is 19.1. The Hall–Kier alpha value is -1.88. The predicted molar refractivity (Wildman–Crippen MR) is 75.2 cm³/mol. The number of aliphatic carboxylic acids is 1. The number of hydrogen-bond donors (Lipinski definition) is 3. The van der Waals surface area contributed by atoms with Gasteiger partial charge in [-0.05, 0) is 31.5 Å². The van der Waals surface area contributed by atoms with Crippen LogP contribution in [-0.2, 0) is 9.59 Å². The van der Waals surface area contributed by atoms with Crippen molar-refractivity contribution in [2.75, 3.05) is 13.1 Å². The minimum absolute atomic E-state index is 0.185. The summed E-state index contributed by atoms with van der Waals surface area (Å²) in [5.74, 6) is -1.22. The standard InChI is InChI=1S/C15H20N2O3/c1-15(7-9-16-10-8-15)14(20)17-12(13(18)19)11-5-3-2-4-6-11/h2-6,12,16H,7-10H2,1H3,(H,17,20)(H,18,19)/t12-/m1/s1. The van der Waals surface area contributed by atoms with E-state index >= 15 is 0 Å². The number of carbonyl (C=O) groups is 2. The number of rotatable bonds is 4. The van der Waals surface area contributed by atoms with Crippen molar-refractivity contribution in [2.45, 2.75) is 25.8 Å². The minimum Gasteiger partial charge on any atom is -0.479 e. The number of carbonyl (C=O) groups excluding carboxylic acids is 1. The molecule has 0 unspecified atom stereocenters. The highest BCUT2D eigenvalue weighted by Gasteiger charge is 2.36. The first-order chi connectivity index (χ1) is 9.53. The zero-order chi connectivity index (χ0) is 14.6. The quantitative estimate of drug-likeness (QED) is 0.775. The maximum Gasteiger partial charge on any atom is 0.330 e. The summed E-state index contributed by atoms with van der Waals surface area (Å²) in [6, 6.07) is 7.79. The van der Waals surface area contributed by atoms with Crippen molar-refractivity contribution in [1.82, 2.24) is 10.6 Å². The molecule has 20 heavy (non-hydrogen) atoms. The van der Waals surface area contributed by atoms with Gasteiger partial charge in [-0.3, -0.25) is 4.79 Å². The van der Waals surface area contributed by atoms with Crippen LogP contribution < -0.4 is 10.6 Å². The van der Waals surface area contributed by atoms with E-state index < -0.39 is 17.4 Å². The van der Waals surface area contributed by atoms with Crippen LogP contribution in [0.4, 0.5) is 0 Å². The summed E-state index contributed by atoms with van der Waals surface area (Å²) in [4.78, 5) is 23.8. The first-order valence-electron chi connectivity index (χ1n) is 6.82. The molecule has 1 heterocycles. The Kier molecular flexibility index (Phi) is 4.39. The zero-order valence-electron chi connectivity index (χ0n) is 11.6. The van der Waals surface area contributed by atoms with E-state index in [4.69, 9.17) is 0 Å². The fraction of sp³-hybridized carbons (Fsp3) is 0.467. The van der Waals surface area contributed by atoms with Gasteiger partial charge in [0.1, 0.15) is 0 Å². The zero-order valence-corrected chi connectivity index (χ0v) is 11.6. The fourth-order valence-corrected chi connectivity index (χ4v) is 2.44. The van der Waals surface area contributed by atoms with Gasteiger partial charge in [0.15, 0.2) is 6.04 Å². The van der Waals surface area contributed by atoms with Gasteiger partial charge >= 0.3 is 5.97 Å². The molecule has 0 saturated carbocycles. The summed E-state index contributed by atoms with van der Waals surface area (Å²) in [5.41, 5.74) is 0.0965. The Bertz CT molecular complexity index is 481. The third-order valence-electron chi connectivity index (χ3n) is 3.91. The van der Waals surface area contributed by atoms with Gasteiger partial charge in [0.05, 0.1) is 0 Å². The smallest absolute Gasteiger partial charge is 0.330 e. The SMILES string of the molecule is CC1(C(=O)N[C@@H](C(=O)O)c2ccccc2)CCNCC1. The molecule has 1 atom stereocenters. The largest absolute Gasteiger partial charge is 0.479 e. The number of carboxylic acid groups (broad SMARTS) is 1. The molecule has 0 radical (unpaired) electrons. The number of hydrogen-bond acceptors (Lipinski definition) is 3. The van der Waals surface area contributed by atoms with E-state index in [-0.39, 0.29) is 5.91 Å².